The SMILES string of the molecule is COc1ccc(NC(=O)Cn2cnc3nc(N4CCC[C@@H](C)C4)sc3c2=O)cc1. The molecule has 1 saturated heterocycles. The number of amides is 1. The van der Waals surface area contributed by atoms with Crippen LogP contribution in [0.5, 0.6) is 5.75 Å². The molecule has 1 aromatic carbocycles. The van der Waals surface area contributed by atoms with Crippen molar-refractivity contribution < 1.29 is 9.53 Å². The Bertz CT molecular complexity index is 1080. The van der Waals surface area contributed by atoms with Crippen LogP contribution in [0.25, 0.3) is 10.3 Å². The number of aromatic nitrogens is 3. The Morgan fingerprint density at radius 2 is 2.14 bits per heavy atom. The molecule has 152 valence electrons. The van der Waals surface area contributed by atoms with Crippen LogP contribution < -0.4 is 20.5 Å². The third kappa shape index (κ3) is 4.24. The number of piperidine rings is 1. The number of hydrogen-bond donors (Lipinski definition) is 1. The van der Waals surface area contributed by atoms with Crippen molar-refractivity contribution in [3.05, 3.63) is 40.9 Å². The van der Waals surface area contributed by atoms with Crippen molar-refractivity contribution in [1.29, 1.82) is 0 Å². The number of anilines is 2. The monoisotopic (exact) mass is 413 g/mol. The zero-order chi connectivity index (χ0) is 20.4. The van der Waals surface area contributed by atoms with Gasteiger partial charge in [-0.1, -0.05) is 18.3 Å². The summed E-state index contributed by atoms with van der Waals surface area (Å²) in [4.78, 5) is 36.3. The first-order valence-electron chi connectivity index (χ1n) is 9.58. The Morgan fingerprint density at radius 1 is 1.34 bits per heavy atom. The molecule has 0 aliphatic carbocycles. The summed E-state index contributed by atoms with van der Waals surface area (Å²) in [5, 5.41) is 3.61. The summed E-state index contributed by atoms with van der Waals surface area (Å²) in [6, 6.07) is 7.01. The summed E-state index contributed by atoms with van der Waals surface area (Å²) >= 11 is 1.36. The van der Waals surface area contributed by atoms with Gasteiger partial charge >= 0.3 is 0 Å². The van der Waals surface area contributed by atoms with E-state index in [-0.39, 0.29) is 18.0 Å². The van der Waals surface area contributed by atoms with Gasteiger partial charge in [-0.15, -0.1) is 0 Å². The minimum Gasteiger partial charge on any atom is -0.497 e. The second kappa shape index (κ2) is 8.20. The Morgan fingerprint density at radius 3 is 2.86 bits per heavy atom. The number of ether oxygens (including phenoxy) is 1. The molecule has 1 aliphatic heterocycles. The lowest BCUT2D eigenvalue weighted by Crippen LogP contribution is -2.34. The average Bonchev–Trinajstić information content (AvgIpc) is 3.16. The highest BCUT2D eigenvalue weighted by Crippen LogP contribution is 2.29. The Hall–Kier alpha value is -2.94. The van der Waals surface area contributed by atoms with E-state index in [1.54, 1.807) is 31.4 Å². The molecular weight excluding hydrogens is 390 g/mol. The van der Waals surface area contributed by atoms with Crippen LogP contribution in [-0.2, 0) is 11.3 Å². The molecule has 0 radical (unpaired) electrons. The van der Waals surface area contributed by atoms with E-state index in [0.717, 1.165) is 24.6 Å². The quantitative estimate of drug-likeness (QED) is 0.692. The summed E-state index contributed by atoms with van der Waals surface area (Å²) < 4.78 is 6.91. The zero-order valence-corrected chi connectivity index (χ0v) is 17.2. The molecule has 1 N–H and O–H groups in total. The molecule has 0 bridgehead atoms. The van der Waals surface area contributed by atoms with Crippen molar-refractivity contribution in [2.45, 2.75) is 26.3 Å². The van der Waals surface area contributed by atoms with Crippen molar-refractivity contribution in [1.82, 2.24) is 14.5 Å². The molecule has 1 amide bonds. The van der Waals surface area contributed by atoms with Gasteiger partial charge in [-0.3, -0.25) is 14.2 Å². The van der Waals surface area contributed by atoms with Gasteiger partial charge in [-0.25, -0.2) is 4.98 Å². The Labute approximate surface area is 172 Å². The third-order valence-corrected chi connectivity index (χ3v) is 6.08. The van der Waals surface area contributed by atoms with Crippen LogP contribution in [0.4, 0.5) is 10.8 Å². The van der Waals surface area contributed by atoms with Crippen molar-refractivity contribution in [3.63, 3.8) is 0 Å². The van der Waals surface area contributed by atoms with Gasteiger partial charge in [-0.05, 0) is 43.0 Å². The van der Waals surface area contributed by atoms with Crippen LogP contribution in [0.1, 0.15) is 19.8 Å². The third-order valence-electron chi connectivity index (χ3n) is 4.99. The lowest BCUT2D eigenvalue weighted by molar-refractivity contribution is -0.116. The fourth-order valence-corrected chi connectivity index (χ4v) is 4.48. The Balaban J connectivity index is 1.50. The first-order chi connectivity index (χ1) is 14.0. The van der Waals surface area contributed by atoms with E-state index in [1.807, 2.05) is 0 Å². The summed E-state index contributed by atoms with van der Waals surface area (Å²) in [5.74, 6) is 1.02. The van der Waals surface area contributed by atoms with Crippen LogP contribution in [-0.4, -0.2) is 40.6 Å². The van der Waals surface area contributed by atoms with Gasteiger partial charge in [0.2, 0.25) is 5.91 Å². The van der Waals surface area contributed by atoms with Crippen LogP contribution >= 0.6 is 11.3 Å². The van der Waals surface area contributed by atoms with Gasteiger partial charge in [0.15, 0.2) is 10.8 Å². The minimum atomic E-state index is -0.298. The highest BCUT2D eigenvalue weighted by molar-refractivity contribution is 7.22. The normalized spacial score (nSPS) is 16.8. The molecule has 0 spiro atoms. The highest BCUT2D eigenvalue weighted by Gasteiger charge is 2.21. The van der Waals surface area contributed by atoms with Crippen molar-refractivity contribution in [2.24, 2.45) is 5.92 Å². The Kier molecular flexibility index (Phi) is 5.48. The maximum atomic E-state index is 12.8. The fraction of sp³-hybridized carbons (Fsp3) is 0.400. The zero-order valence-electron chi connectivity index (χ0n) is 16.4. The summed E-state index contributed by atoms with van der Waals surface area (Å²) in [5.41, 5.74) is 0.839. The van der Waals surface area contributed by atoms with E-state index in [0.29, 0.717) is 27.7 Å². The van der Waals surface area contributed by atoms with Crippen LogP contribution in [0.15, 0.2) is 35.4 Å². The van der Waals surface area contributed by atoms with Gasteiger partial charge in [0.1, 0.15) is 23.3 Å². The summed E-state index contributed by atoms with van der Waals surface area (Å²) in [6.45, 7) is 4.01. The number of hydrogen-bond acceptors (Lipinski definition) is 7. The number of nitrogens with one attached hydrogen (secondary N) is 1. The number of nitrogens with zero attached hydrogens (tertiary/aromatic N) is 4. The molecule has 1 aliphatic rings. The van der Waals surface area contributed by atoms with E-state index in [4.69, 9.17) is 4.74 Å². The summed E-state index contributed by atoms with van der Waals surface area (Å²) in [6.07, 6.45) is 3.73. The molecule has 3 aromatic rings. The van der Waals surface area contributed by atoms with Gasteiger partial charge in [0.25, 0.3) is 5.56 Å². The summed E-state index contributed by atoms with van der Waals surface area (Å²) in [7, 11) is 1.58. The minimum absolute atomic E-state index is 0.109. The number of methoxy groups -OCH3 is 1. The van der Waals surface area contributed by atoms with Gasteiger partial charge in [0.05, 0.1) is 7.11 Å². The number of carbonyl (C=O) groups is 1. The molecule has 0 unspecified atom stereocenters. The van der Waals surface area contributed by atoms with Crippen LogP contribution in [0.2, 0.25) is 0 Å². The molecule has 1 fully saturated rings. The molecule has 0 saturated carbocycles. The fourth-order valence-electron chi connectivity index (χ4n) is 3.48. The lowest BCUT2D eigenvalue weighted by atomic mass is 10.0. The molecule has 9 heteroatoms. The number of fused-ring (bicyclic) bond motifs is 1. The topological polar surface area (TPSA) is 89.3 Å². The smallest absolute Gasteiger partial charge is 0.273 e. The second-order valence-corrected chi connectivity index (χ2v) is 8.27. The predicted molar refractivity (Wildman–Crippen MR) is 114 cm³/mol. The van der Waals surface area contributed by atoms with E-state index >= 15 is 0 Å². The van der Waals surface area contributed by atoms with Gasteiger partial charge in [-0.2, -0.15) is 4.98 Å². The van der Waals surface area contributed by atoms with Crippen LogP contribution in [0.3, 0.4) is 0 Å². The maximum absolute atomic E-state index is 12.8. The number of thiazole rings is 1. The lowest BCUT2D eigenvalue weighted by Gasteiger charge is -2.30. The first kappa shape index (κ1) is 19.4. The van der Waals surface area contributed by atoms with E-state index in [1.165, 1.54) is 28.7 Å². The largest absolute Gasteiger partial charge is 0.497 e. The number of carbonyl (C=O) groups excluding carboxylic acids is 1. The molecule has 8 nitrogen and oxygen atoms in total. The molecule has 2 aromatic heterocycles. The van der Waals surface area contributed by atoms with E-state index in [9.17, 15) is 9.59 Å². The second-order valence-electron chi connectivity index (χ2n) is 7.30. The first-order valence-corrected chi connectivity index (χ1v) is 10.4. The molecular formula is C20H23N5O3S. The average molecular weight is 414 g/mol. The molecule has 4 rings (SSSR count). The standard InChI is InChI=1S/C20H23N5O3S/c1-13-4-3-9-24(10-13)20-23-18-17(29-20)19(27)25(12-21-18)11-16(26)22-14-5-7-15(28-2)8-6-14/h5-8,12-13H,3-4,9-11H2,1-2H3,(H,22,26)/t13-/m1/s1. The molecule has 3 heterocycles. The number of rotatable bonds is 5. The van der Waals surface area contributed by atoms with Gasteiger partial charge < -0.3 is 15.0 Å². The molecule has 29 heavy (non-hydrogen) atoms. The number of benzene rings is 1. The van der Waals surface area contributed by atoms with Crippen molar-refractivity contribution in [3.8, 4) is 5.75 Å². The van der Waals surface area contributed by atoms with Crippen molar-refractivity contribution >= 4 is 38.4 Å². The maximum Gasteiger partial charge on any atom is 0.273 e. The van der Waals surface area contributed by atoms with Crippen LogP contribution in [0, 0.1) is 5.92 Å². The van der Waals surface area contributed by atoms with Crippen molar-refractivity contribution in [2.75, 3.05) is 30.4 Å². The van der Waals surface area contributed by atoms with E-state index < -0.39 is 0 Å². The van der Waals surface area contributed by atoms with E-state index in [2.05, 4.69) is 27.1 Å². The predicted octanol–water partition coefficient (Wildman–Crippen LogP) is 2.74. The molecule has 1 atom stereocenters. The highest BCUT2D eigenvalue weighted by atomic mass is 32.1. The van der Waals surface area contributed by atoms with Gasteiger partial charge in [0, 0.05) is 18.8 Å².